The van der Waals surface area contributed by atoms with Gasteiger partial charge in [-0.25, -0.2) is 4.79 Å². The molecule has 2 aromatic rings. The summed E-state index contributed by atoms with van der Waals surface area (Å²) in [5.41, 5.74) is 2.63. The van der Waals surface area contributed by atoms with Gasteiger partial charge in [-0.2, -0.15) is 0 Å². The van der Waals surface area contributed by atoms with Gasteiger partial charge in [0, 0.05) is 32.2 Å². The van der Waals surface area contributed by atoms with Crippen LogP contribution in [0.2, 0.25) is 0 Å². The van der Waals surface area contributed by atoms with Crippen molar-refractivity contribution in [2.75, 3.05) is 19.7 Å². The van der Waals surface area contributed by atoms with Crippen LogP contribution in [0.15, 0.2) is 54.6 Å². The highest BCUT2D eigenvalue weighted by Gasteiger charge is 2.27. The number of rotatable bonds is 8. The number of carboxylic acids is 1. The third kappa shape index (κ3) is 5.63. The molecule has 2 unspecified atom stereocenters. The number of nitrogens with zero attached hydrogens (tertiary/aromatic N) is 1. The Labute approximate surface area is 161 Å². The van der Waals surface area contributed by atoms with Crippen molar-refractivity contribution in [3.8, 4) is 0 Å². The molecule has 5 nitrogen and oxygen atoms in total. The normalized spacial score (nSPS) is 18.9. The predicted octanol–water partition coefficient (Wildman–Crippen LogP) is 3.15. The Morgan fingerprint density at radius 2 is 2.00 bits per heavy atom. The first-order valence-corrected chi connectivity index (χ1v) is 9.59. The lowest BCUT2D eigenvalue weighted by Gasteiger charge is -2.37. The summed E-state index contributed by atoms with van der Waals surface area (Å²) in [5.74, 6) is -0.893. The molecule has 2 atom stereocenters. The summed E-state index contributed by atoms with van der Waals surface area (Å²) in [4.78, 5) is 13.6. The zero-order chi connectivity index (χ0) is 19.1. The predicted molar refractivity (Wildman–Crippen MR) is 106 cm³/mol. The van der Waals surface area contributed by atoms with E-state index in [1.807, 2.05) is 12.1 Å². The van der Waals surface area contributed by atoms with Crippen LogP contribution < -0.4 is 5.32 Å². The number of carbonyl (C=O) groups is 1. The summed E-state index contributed by atoms with van der Waals surface area (Å²) >= 11 is 0. The van der Waals surface area contributed by atoms with Crippen LogP contribution in [0.25, 0.3) is 0 Å². The van der Waals surface area contributed by atoms with Gasteiger partial charge >= 0.3 is 5.97 Å². The summed E-state index contributed by atoms with van der Waals surface area (Å²) in [6.07, 6.45) is 1.10. The molecule has 0 radical (unpaired) electrons. The van der Waals surface area contributed by atoms with Crippen molar-refractivity contribution in [2.24, 2.45) is 0 Å². The molecule has 2 N–H and O–H groups in total. The van der Waals surface area contributed by atoms with Crippen molar-refractivity contribution in [2.45, 2.75) is 38.6 Å². The molecule has 0 saturated carbocycles. The van der Waals surface area contributed by atoms with Crippen LogP contribution in [-0.4, -0.2) is 47.8 Å². The van der Waals surface area contributed by atoms with Gasteiger partial charge in [-0.15, -0.1) is 0 Å². The number of aromatic carboxylic acids is 1. The zero-order valence-electron chi connectivity index (χ0n) is 15.8. The van der Waals surface area contributed by atoms with Gasteiger partial charge in [0.05, 0.1) is 18.3 Å². The van der Waals surface area contributed by atoms with Gasteiger partial charge in [0.15, 0.2) is 0 Å². The molecule has 0 spiro atoms. The molecule has 0 aromatic heterocycles. The summed E-state index contributed by atoms with van der Waals surface area (Å²) in [5, 5.41) is 12.7. The molecule has 1 fully saturated rings. The molecular weight excluding hydrogens is 340 g/mol. The molecule has 2 aromatic carbocycles. The third-order valence-corrected chi connectivity index (χ3v) is 5.06. The Morgan fingerprint density at radius 1 is 1.22 bits per heavy atom. The number of benzene rings is 2. The molecule has 5 heteroatoms. The summed E-state index contributed by atoms with van der Waals surface area (Å²) < 4.78 is 6.05. The minimum atomic E-state index is -0.893. The number of hydrogen-bond donors (Lipinski definition) is 2. The first kappa shape index (κ1) is 19.5. The molecule has 1 aliphatic heterocycles. The number of morpholine rings is 1. The van der Waals surface area contributed by atoms with Crippen molar-refractivity contribution in [1.29, 1.82) is 0 Å². The van der Waals surface area contributed by atoms with Crippen molar-refractivity contribution in [1.82, 2.24) is 10.2 Å². The van der Waals surface area contributed by atoms with E-state index in [-0.39, 0.29) is 12.1 Å². The van der Waals surface area contributed by atoms with Crippen LogP contribution in [0.1, 0.15) is 34.8 Å². The minimum absolute atomic E-state index is 0.134. The van der Waals surface area contributed by atoms with Crippen LogP contribution >= 0.6 is 0 Å². The van der Waals surface area contributed by atoms with E-state index in [0.717, 1.165) is 38.2 Å². The first-order valence-electron chi connectivity index (χ1n) is 9.59. The zero-order valence-corrected chi connectivity index (χ0v) is 15.8. The van der Waals surface area contributed by atoms with Gasteiger partial charge in [-0.3, -0.25) is 4.90 Å². The summed E-state index contributed by atoms with van der Waals surface area (Å²) in [6.45, 7) is 6.32. The Balaban J connectivity index is 1.56. The van der Waals surface area contributed by atoms with E-state index in [1.54, 1.807) is 18.2 Å². The Morgan fingerprint density at radius 3 is 2.74 bits per heavy atom. The van der Waals surface area contributed by atoms with Crippen LogP contribution in [-0.2, 0) is 17.8 Å². The molecule has 0 amide bonds. The Bertz CT molecular complexity index is 735. The SMILES string of the molecule is CCC(NCc1cccc(C(=O)O)c1)C1CN(Cc2ccccc2)CCO1. The number of ether oxygens (including phenoxy) is 1. The topological polar surface area (TPSA) is 61.8 Å². The van der Waals surface area contributed by atoms with E-state index in [2.05, 4.69) is 41.4 Å². The quantitative estimate of drug-likeness (QED) is 0.749. The lowest BCUT2D eigenvalue weighted by atomic mass is 10.0. The van der Waals surface area contributed by atoms with Gasteiger partial charge in [-0.05, 0) is 29.7 Å². The van der Waals surface area contributed by atoms with Gasteiger partial charge in [0.2, 0.25) is 0 Å². The first-order chi connectivity index (χ1) is 13.2. The number of carboxylic acid groups (broad SMARTS) is 1. The Hall–Kier alpha value is -2.21. The molecule has 3 rings (SSSR count). The van der Waals surface area contributed by atoms with Crippen LogP contribution in [0.3, 0.4) is 0 Å². The molecule has 0 bridgehead atoms. The highest BCUT2D eigenvalue weighted by atomic mass is 16.5. The molecule has 1 aliphatic rings. The van der Waals surface area contributed by atoms with Crippen LogP contribution in [0, 0.1) is 0 Å². The second kappa shape index (κ2) is 9.65. The molecule has 27 heavy (non-hydrogen) atoms. The number of nitrogens with one attached hydrogen (secondary N) is 1. The molecular formula is C22H28N2O3. The van der Waals surface area contributed by atoms with Gasteiger partial charge < -0.3 is 15.2 Å². The minimum Gasteiger partial charge on any atom is -0.478 e. The maximum atomic E-state index is 11.1. The van der Waals surface area contributed by atoms with Crippen molar-refractivity contribution in [3.63, 3.8) is 0 Å². The van der Waals surface area contributed by atoms with E-state index >= 15 is 0 Å². The highest BCUT2D eigenvalue weighted by molar-refractivity contribution is 5.87. The fourth-order valence-electron chi connectivity index (χ4n) is 3.56. The van der Waals surface area contributed by atoms with Crippen LogP contribution in [0.5, 0.6) is 0 Å². The van der Waals surface area contributed by atoms with E-state index < -0.39 is 5.97 Å². The van der Waals surface area contributed by atoms with Gasteiger partial charge in [-0.1, -0.05) is 49.4 Å². The fourth-order valence-corrected chi connectivity index (χ4v) is 3.56. The monoisotopic (exact) mass is 368 g/mol. The van der Waals surface area contributed by atoms with Crippen molar-refractivity contribution >= 4 is 5.97 Å². The summed E-state index contributed by atoms with van der Waals surface area (Å²) in [7, 11) is 0. The highest BCUT2D eigenvalue weighted by Crippen LogP contribution is 2.15. The third-order valence-electron chi connectivity index (χ3n) is 5.06. The van der Waals surface area contributed by atoms with Gasteiger partial charge in [0.25, 0.3) is 0 Å². The summed E-state index contributed by atoms with van der Waals surface area (Å²) in [6, 6.07) is 17.9. The second-order valence-corrected chi connectivity index (χ2v) is 7.03. The molecule has 1 heterocycles. The average Bonchev–Trinajstić information content (AvgIpc) is 2.70. The van der Waals surface area contributed by atoms with E-state index in [1.165, 1.54) is 5.56 Å². The van der Waals surface area contributed by atoms with E-state index in [9.17, 15) is 4.79 Å². The average molecular weight is 368 g/mol. The fraction of sp³-hybridized carbons (Fsp3) is 0.409. The standard InChI is InChI=1S/C22H28N2O3/c1-2-20(23-14-18-9-6-10-19(13-18)22(25)26)21-16-24(11-12-27-21)15-17-7-4-3-5-8-17/h3-10,13,20-21,23H,2,11-12,14-16H2,1H3,(H,25,26). The Kier molecular flexibility index (Phi) is 6.98. The molecule has 0 aliphatic carbocycles. The van der Waals surface area contributed by atoms with E-state index in [0.29, 0.717) is 12.1 Å². The molecule has 144 valence electrons. The maximum Gasteiger partial charge on any atom is 0.335 e. The molecule has 1 saturated heterocycles. The van der Waals surface area contributed by atoms with Gasteiger partial charge in [0.1, 0.15) is 0 Å². The lowest BCUT2D eigenvalue weighted by molar-refractivity contribution is -0.0499. The van der Waals surface area contributed by atoms with Crippen molar-refractivity contribution < 1.29 is 14.6 Å². The number of hydrogen-bond acceptors (Lipinski definition) is 4. The smallest absolute Gasteiger partial charge is 0.335 e. The van der Waals surface area contributed by atoms with Crippen molar-refractivity contribution in [3.05, 3.63) is 71.3 Å². The maximum absolute atomic E-state index is 11.1. The van der Waals surface area contributed by atoms with E-state index in [4.69, 9.17) is 9.84 Å². The lowest BCUT2D eigenvalue weighted by Crippen LogP contribution is -2.51. The largest absolute Gasteiger partial charge is 0.478 e. The van der Waals surface area contributed by atoms with Crippen LogP contribution in [0.4, 0.5) is 0 Å². The second-order valence-electron chi connectivity index (χ2n) is 7.03.